The van der Waals surface area contributed by atoms with Gasteiger partial charge in [0.25, 0.3) is 0 Å². The molecule has 0 unspecified atom stereocenters. The van der Waals surface area contributed by atoms with Gasteiger partial charge in [-0.1, -0.05) is 0 Å². The molecule has 1 aliphatic heterocycles. The molecule has 1 aromatic heterocycles. The second-order valence-electron chi connectivity index (χ2n) is 5.48. The molecule has 3 rings (SSSR count). The van der Waals surface area contributed by atoms with Crippen molar-refractivity contribution < 1.29 is 19.1 Å². The lowest BCUT2D eigenvalue weighted by atomic mass is 10.1. The van der Waals surface area contributed by atoms with Crippen LogP contribution < -0.4 is 0 Å². The average molecular weight is 300 g/mol. The fourth-order valence-electron chi connectivity index (χ4n) is 2.37. The minimum atomic E-state index is -0.830. The Morgan fingerprint density at radius 2 is 1.91 bits per heavy atom. The van der Waals surface area contributed by atoms with E-state index in [0.29, 0.717) is 23.0 Å². The first-order chi connectivity index (χ1) is 10.4. The lowest BCUT2D eigenvalue weighted by molar-refractivity contribution is -0.147. The summed E-state index contributed by atoms with van der Waals surface area (Å²) in [5.74, 6) is -1.05. The van der Waals surface area contributed by atoms with Crippen LogP contribution in [0.1, 0.15) is 35.1 Å². The number of fused-ring (bicyclic) bond motifs is 1. The molecular formula is C16H16N2O4. The first-order valence-corrected chi connectivity index (χ1v) is 7.10. The van der Waals surface area contributed by atoms with Crippen molar-refractivity contribution in [1.82, 2.24) is 9.97 Å². The molecule has 6 heteroatoms. The van der Waals surface area contributed by atoms with Gasteiger partial charge in [-0.2, -0.15) is 0 Å². The zero-order valence-electron chi connectivity index (χ0n) is 12.6. The van der Waals surface area contributed by atoms with Crippen LogP contribution in [0.25, 0.3) is 11.0 Å². The third-order valence-corrected chi connectivity index (χ3v) is 3.69. The molecule has 1 aliphatic rings. The molecule has 0 spiro atoms. The predicted octanol–water partition coefficient (Wildman–Crippen LogP) is 2.11. The number of esters is 2. The summed E-state index contributed by atoms with van der Waals surface area (Å²) in [6, 6.07) is 4.97. The van der Waals surface area contributed by atoms with E-state index >= 15 is 0 Å². The number of nitrogens with zero attached hydrogens (tertiary/aromatic N) is 2. The molecule has 0 N–H and O–H groups in total. The third-order valence-electron chi connectivity index (χ3n) is 3.69. The highest BCUT2D eigenvalue weighted by Gasteiger charge is 2.35. The number of rotatable bonds is 2. The van der Waals surface area contributed by atoms with Gasteiger partial charge in [0.05, 0.1) is 28.0 Å². The van der Waals surface area contributed by atoms with Gasteiger partial charge in [0, 0.05) is 6.42 Å². The maximum atomic E-state index is 12.2. The molecule has 0 amide bonds. The van der Waals surface area contributed by atoms with Crippen molar-refractivity contribution in [3.8, 4) is 0 Å². The molecule has 6 nitrogen and oxygen atoms in total. The SMILES string of the molecule is Cc1nc2ccc(C(=O)O[C@@H]3C[C@H](C)OC3=O)cc2nc1C. The van der Waals surface area contributed by atoms with E-state index in [1.54, 1.807) is 25.1 Å². The Balaban J connectivity index is 1.85. The van der Waals surface area contributed by atoms with E-state index < -0.39 is 18.0 Å². The van der Waals surface area contributed by atoms with E-state index in [4.69, 9.17) is 9.47 Å². The van der Waals surface area contributed by atoms with Crippen molar-refractivity contribution in [3.63, 3.8) is 0 Å². The van der Waals surface area contributed by atoms with Crippen LogP contribution in [0.5, 0.6) is 0 Å². The standard InChI is InChI=1S/C16H16N2O4/c1-8-6-14(16(20)21-8)22-15(19)11-4-5-12-13(7-11)18-10(3)9(2)17-12/h4-5,7-8,14H,6H2,1-3H3/t8-,14+/m0/s1. The van der Waals surface area contributed by atoms with Crippen molar-refractivity contribution in [1.29, 1.82) is 0 Å². The monoisotopic (exact) mass is 300 g/mol. The molecule has 1 saturated heterocycles. The summed E-state index contributed by atoms with van der Waals surface area (Å²) in [6.07, 6.45) is -0.668. The predicted molar refractivity (Wildman–Crippen MR) is 78.4 cm³/mol. The van der Waals surface area contributed by atoms with Crippen LogP contribution in [0.2, 0.25) is 0 Å². The molecule has 0 aliphatic carbocycles. The molecular weight excluding hydrogens is 284 g/mol. The second-order valence-corrected chi connectivity index (χ2v) is 5.48. The van der Waals surface area contributed by atoms with E-state index in [9.17, 15) is 9.59 Å². The molecule has 114 valence electrons. The van der Waals surface area contributed by atoms with Gasteiger partial charge in [0.15, 0.2) is 0 Å². The lowest BCUT2D eigenvalue weighted by Crippen LogP contribution is -2.22. The van der Waals surface area contributed by atoms with Crippen molar-refractivity contribution in [2.45, 2.75) is 39.4 Å². The van der Waals surface area contributed by atoms with Gasteiger partial charge in [-0.3, -0.25) is 0 Å². The second kappa shape index (κ2) is 5.36. The van der Waals surface area contributed by atoms with Crippen LogP contribution in [-0.2, 0) is 14.3 Å². The number of hydrogen-bond donors (Lipinski definition) is 0. The van der Waals surface area contributed by atoms with E-state index in [2.05, 4.69) is 9.97 Å². The highest BCUT2D eigenvalue weighted by atomic mass is 16.6. The Hall–Kier alpha value is -2.50. The number of aryl methyl sites for hydroxylation is 2. The molecule has 2 heterocycles. The molecule has 22 heavy (non-hydrogen) atoms. The molecule has 1 aromatic carbocycles. The summed E-state index contributed by atoms with van der Waals surface area (Å²) in [4.78, 5) is 32.5. The Labute approximate surface area is 127 Å². The zero-order chi connectivity index (χ0) is 15.9. The van der Waals surface area contributed by atoms with Crippen LogP contribution >= 0.6 is 0 Å². The van der Waals surface area contributed by atoms with Gasteiger partial charge >= 0.3 is 11.9 Å². The van der Waals surface area contributed by atoms with Crippen molar-refractivity contribution in [2.24, 2.45) is 0 Å². The van der Waals surface area contributed by atoms with Gasteiger partial charge in [-0.25, -0.2) is 19.6 Å². The summed E-state index contributed by atoms with van der Waals surface area (Å²) in [7, 11) is 0. The van der Waals surface area contributed by atoms with Gasteiger partial charge in [-0.05, 0) is 39.0 Å². The Morgan fingerprint density at radius 1 is 1.23 bits per heavy atom. The van der Waals surface area contributed by atoms with E-state index in [1.807, 2.05) is 13.8 Å². The maximum absolute atomic E-state index is 12.2. The van der Waals surface area contributed by atoms with Crippen molar-refractivity contribution in [3.05, 3.63) is 35.2 Å². The average Bonchev–Trinajstić information content (AvgIpc) is 2.77. The highest BCUT2D eigenvalue weighted by molar-refractivity contribution is 5.95. The Bertz CT molecular complexity index is 772. The fraction of sp³-hybridized carbons (Fsp3) is 0.375. The van der Waals surface area contributed by atoms with Crippen LogP contribution in [0.4, 0.5) is 0 Å². The molecule has 0 bridgehead atoms. The minimum Gasteiger partial charge on any atom is -0.460 e. The zero-order valence-corrected chi connectivity index (χ0v) is 12.6. The van der Waals surface area contributed by atoms with E-state index in [-0.39, 0.29) is 6.10 Å². The number of ether oxygens (including phenoxy) is 2. The topological polar surface area (TPSA) is 78.4 Å². The molecule has 0 saturated carbocycles. The Kier molecular flexibility index (Phi) is 3.52. The number of aromatic nitrogens is 2. The fourth-order valence-corrected chi connectivity index (χ4v) is 2.37. The Morgan fingerprint density at radius 3 is 2.55 bits per heavy atom. The quantitative estimate of drug-likeness (QED) is 0.790. The number of carbonyl (C=O) groups is 2. The summed E-state index contributed by atoms with van der Waals surface area (Å²) >= 11 is 0. The summed E-state index contributed by atoms with van der Waals surface area (Å²) < 4.78 is 10.2. The van der Waals surface area contributed by atoms with Gasteiger partial charge in [0.1, 0.15) is 6.10 Å². The molecule has 2 atom stereocenters. The number of cyclic esters (lactones) is 1. The van der Waals surface area contributed by atoms with E-state index in [1.165, 1.54) is 0 Å². The van der Waals surface area contributed by atoms with Crippen LogP contribution in [-0.4, -0.2) is 34.1 Å². The number of hydrogen-bond acceptors (Lipinski definition) is 6. The largest absolute Gasteiger partial charge is 0.460 e. The number of benzene rings is 1. The van der Waals surface area contributed by atoms with Gasteiger partial charge in [0.2, 0.25) is 6.10 Å². The normalized spacial score (nSPS) is 21.0. The summed E-state index contributed by atoms with van der Waals surface area (Å²) in [6.45, 7) is 5.52. The number of carbonyl (C=O) groups excluding carboxylic acids is 2. The van der Waals surface area contributed by atoms with Crippen LogP contribution in [0.3, 0.4) is 0 Å². The summed E-state index contributed by atoms with van der Waals surface area (Å²) in [5, 5.41) is 0. The lowest BCUT2D eigenvalue weighted by Gasteiger charge is -2.09. The highest BCUT2D eigenvalue weighted by Crippen LogP contribution is 2.20. The van der Waals surface area contributed by atoms with Crippen molar-refractivity contribution >= 4 is 23.0 Å². The molecule has 1 fully saturated rings. The van der Waals surface area contributed by atoms with E-state index in [0.717, 1.165) is 11.4 Å². The third kappa shape index (κ3) is 2.64. The van der Waals surface area contributed by atoms with Crippen LogP contribution in [0, 0.1) is 13.8 Å². The first-order valence-electron chi connectivity index (χ1n) is 7.10. The smallest absolute Gasteiger partial charge is 0.347 e. The van der Waals surface area contributed by atoms with Gasteiger partial charge in [-0.15, -0.1) is 0 Å². The minimum absolute atomic E-state index is 0.224. The molecule has 2 aromatic rings. The van der Waals surface area contributed by atoms with Crippen LogP contribution in [0.15, 0.2) is 18.2 Å². The van der Waals surface area contributed by atoms with Crippen molar-refractivity contribution in [2.75, 3.05) is 0 Å². The molecule has 0 radical (unpaired) electrons. The van der Waals surface area contributed by atoms with Gasteiger partial charge < -0.3 is 9.47 Å². The first kappa shape index (κ1) is 14.4. The maximum Gasteiger partial charge on any atom is 0.347 e. The summed E-state index contributed by atoms with van der Waals surface area (Å²) in [5.41, 5.74) is 3.35.